The molecule has 0 N–H and O–H groups in total. The maximum Gasteiger partial charge on any atom is 0.355 e. The molecular weight excluding hydrogens is 348 g/mol. The minimum atomic E-state index is -0.333. The highest BCUT2D eigenvalue weighted by Crippen LogP contribution is 2.33. The largest absolute Gasteiger partial charge is 0.461 e. The molecular formula is C24H20N2O2. The average molecular weight is 368 g/mol. The second kappa shape index (κ2) is 7.21. The summed E-state index contributed by atoms with van der Waals surface area (Å²) in [4.78, 5) is 16.3. The van der Waals surface area contributed by atoms with Gasteiger partial charge in [-0.1, -0.05) is 48.5 Å². The molecule has 1 heterocycles. The van der Waals surface area contributed by atoms with Gasteiger partial charge in [0.1, 0.15) is 5.69 Å². The minimum Gasteiger partial charge on any atom is -0.461 e. The summed E-state index contributed by atoms with van der Waals surface area (Å²) in [5.74, 6) is -0.333. The van der Waals surface area contributed by atoms with Crippen LogP contribution >= 0.6 is 0 Å². The van der Waals surface area contributed by atoms with Crippen molar-refractivity contribution in [1.29, 1.82) is 0 Å². The number of hydrogen-bond donors (Lipinski definition) is 0. The van der Waals surface area contributed by atoms with Crippen molar-refractivity contribution in [3.05, 3.63) is 88.9 Å². The summed E-state index contributed by atoms with van der Waals surface area (Å²) >= 11 is 0. The Labute approximate surface area is 163 Å². The first-order valence-corrected chi connectivity index (χ1v) is 9.26. The molecule has 0 amide bonds. The van der Waals surface area contributed by atoms with Gasteiger partial charge in [-0.25, -0.2) is 9.64 Å². The van der Waals surface area contributed by atoms with Crippen LogP contribution in [0.2, 0.25) is 0 Å². The molecule has 0 aliphatic heterocycles. The van der Waals surface area contributed by atoms with Crippen LogP contribution in [0, 0.1) is 6.57 Å². The number of ether oxygens (including phenoxy) is 1. The molecule has 28 heavy (non-hydrogen) atoms. The molecule has 0 fully saturated rings. The summed E-state index contributed by atoms with van der Waals surface area (Å²) in [6.07, 6.45) is 0.592. The number of fused-ring (bicyclic) bond motifs is 2. The van der Waals surface area contributed by atoms with E-state index in [1.807, 2.05) is 48.9 Å². The number of nitrogens with zero attached hydrogens (tertiary/aromatic N) is 2. The Morgan fingerprint density at radius 1 is 1.07 bits per heavy atom. The molecule has 0 radical (unpaired) electrons. The second-order valence-electron chi connectivity index (χ2n) is 6.73. The van der Waals surface area contributed by atoms with E-state index in [1.165, 1.54) is 5.39 Å². The van der Waals surface area contributed by atoms with Crippen LogP contribution < -0.4 is 0 Å². The molecule has 0 spiro atoms. The number of aryl methyl sites for hydroxylation is 1. The number of carbonyl (C=O) groups is 1. The highest BCUT2D eigenvalue weighted by atomic mass is 16.5. The molecule has 0 unspecified atom stereocenters. The first kappa shape index (κ1) is 17.8. The van der Waals surface area contributed by atoms with Crippen molar-refractivity contribution >= 4 is 33.3 Å². The molecule has 0 saturated carbocycles. The molecule has 3 aromatic carbocycles. The fraction of sp³-hybridized carbons (Fsp3) is 0.167. The highest BCUT2D eigenvalue weighted by molar-refractivity contribution is 6.00. The Morgan fingerprint density at radius 3 is 2.64 bits per heavy atom. The van der Waals surface area contributed by atoms with Gasteiger partial charge in [-0.05, 0) is 46.3 Å². The monoisotopic (exact) mass is 368 g/mol. The van der Waals surface area contributed by atoms with Crippen molar-refractivity contribution in [3.8, 4) is 0 Å². The van der Waals surface area contributed by atoms with E-state index in [2.05, 4.69) is 29.1 Å². The van der Waals surface area contributed by atoms with E-state index >= 15 is 0 Å². The van der Waals surface area contributed by atoms with E-state index in [0.29, 0.717) is 24.4 Å². The van der Waals surface area contributed by atoms with Gasteiger partial charge in [-0.3, -0.25) is 0 Å². The number of carbonyl (C=O) groups excluding carboxylic acids is 1. The summed E-state index contributed by atoms with van der Waals surface area (Å²) in [6, 6.07) is 20.0. The van der Waals surface area contributed by atoms with Gasteiger partial charge in [-0.2, -0.15) is 0 Å². The lowest BCUT2D eigenvalue weighted by atomic mass is 9.96. The fourth-order valence-corrected chi connectivity index (χ4v) is 3.85. The molecule has 4 heteroatoms. The van der Waals surface area contributed by atoms with Crippen molar-refractivity contribution in [3.63, 3.8) is 0 Å². The highest BCUT2D eigenvalue weighted by Gasteiger charge is 2.23. The van der Waals surface area contributed by atoms with Gasteiger partial charge in [0, 0.05) is 19.0 Å². The summed E-state index contributed by atoms with van der Waals surface area (Å²) < 4.78 is 7.22. The summed E-state index contributed by atoms with van der Waals surface area (Å²) in [7, 11) is 1.87. The Morgan fingerprint density at radius 2 is 1.86 bits per heavy atom. The van der Waals surface area contributed by atoms with Gasteiger partial charge in [0.05, 0.1) is 13.2 Å². The van der Waals surface area contributed by atoms with E-state index in [-0.39, 0.29) is 5.97 Å². The number of esters is 1. The van der Waals surface area contributed by atoms with Crippen molar-refractivity contribution < 1.29 is 9.53 Å². The standard InChI is InChI=1S/C24H20N2O2/c1-4-28-24(27)23-21(20-15-18(25-2)12-13-22(20)26(23)3)14-17-10-7-9-16-8-5-6-11-19(16)17/h5-13,15H,4,14H2,1,3H3. The third-order valence-corrected chi connectivity index (χ3v) is 5.13. The maximum atomic E-state index is 12.8. The van der Waals surface area contributed by atoms with Gasteiger partial charge in [-0.15, -0.1) is 0 Å². The van der Waals surface area contributed by atoms with E-state index in [9.17, 15) is 4.79 Å². The van der Waals surface area contributed by atoms with Crippen molar-refractivity contribution in [2.24, 2.45) is 7.05 Å². The van der Waals surface area contributed by atoms with E-state index in [1.54, 1.807) is 6.07 Å². The zero-order valence-electron chi connectivity index (χ0n) is 15.9. The third kappa shape index (κ3) is 2.91. The lowest BCUT2D eigenvalue weighted by Gasteiger charge is -2.10. The molecule has 1 aromatic heterocycles. The van der Waals surface area contributed by atoms with Crippen LogP contribution in [0.5, 0.6) is 0 Å². The number of hydrogen-bond acceptors (Lipinski definition) is 2. The Kier molecular flexibility index (Phi) is 4.58. The minimum absolute atomic E-state index is 0.321. The van der Waals surface area contributed by atoms with Crippen LogP contribution in [0.4, 0.5) is 5.69 Å². The molecule has 4 aromatic rings. The zero-order valence-corrected chi connectivity index (χ0v) is 15.9. The normalized spacial score (nSPS) is 10.9. The van der Waals surface area contributed by atoms with Crippen LogP contribution in [0.25, 0.3) is 26.5 Å². The molecule has 0 aliphatic rings. The molecule has 0 saturated heterocycles. The number of aromatic nitrogens is 1. The SMILES string of the molecule is [C-]#[N+]c1ccc2c(c1)c(Cc1cccc3ccccc13)c(C(=O)OCC)n2C. The van der Waals surface area contributed by atoms with E-state index in [0.717, 1.165) is 27.4 Å². The first-order valence-electron chi connectivity index (χ1n) is 9.26. The molecule has 0 aliphatic carbocycles. The van der Waals surface area contributed by atoms with Gasteiger partial charge in [0.2, 0.25) is 0 Å². The van der Waals surface area contributed by atoms with E-state index < -0.39 is 0 Å². The molecule has 138 valence electrons. The van der Waals surface area contributed by atoms with E-state index in [4.69, 9.17) is 11.3 Å². The Bertz CT molecular complexity index is 1240. The summed E-state index contributed by atoms with van der Waals surface area (Å²) in [5.41, 5.74) is 4.08. The Hall–Kier alpha value is -3.58. The average Bonchev–Trinajstić information content (AvgIpc) is 2.99. The quantitative estimate of drug-likeness (QED) is 0.345. The molecule has 0 bridgehead atoms. The maximum absolute atomic E-state index is 12.8. The molecule has 4 rings (SSSR count). The predicted molar refractivity (Wildman–Crippen MR) is 112 cm³/mol. The second-order valence-corrected chi connectivity index (χ2v) is 6.73. The van der Waals surface area contributed by atoms with Crippen LogP contribution in [0.1, 0.15) is 28.5 Å². The van der Waals surface area contributed by atoms with Crippen LogP contribution in [-0.2, 0) is 18.2 Å². The predicted octanol–water partition coefficient (Wildman–Crippen LogP) is 5.65. The zero-order chi connectivity index (χ0) is 19.7. The summed E-state index contributed by atoms with van der Waals surface area (Å²) in [6.45, 7) is 9.48. The third-order valence-electron chi connectivity index (χ3n) is 5.13. The van der Waals surface area contributed by atoms with Crippen LogP contribution in [0.15, 0.2) is 60.7 Å². The number of rotatable bonds is 4. The van der Waals surface area contributed by atoms with Crippen LogP contribution in [-0.4, -0.2) is 17.1 Å². The molecule has 4 nitrogen and oxygen atoms in total. The van der Waals surface area contributed by atoms with Gasteiger partial charge in [0.25, 0.3) is 0 Å². The topological polar surface area (TPSA) is 35.6 Å². The summed E-state index contributed by atoms with van der Waals surface area (Å²) in [5, 5.41) is 3.25. The lowest BCUT2D eigenvalue weighted by molar-refractivity contribution is 0.0514. The number of benzene rings is 3. The van der Waals surface area contributed by atoms with Gasteiger partial charge < -0.3 is 9.30 Å². The molecule has 0 atom stereocenters. The van der Waals surface area contributed by atoms with Crippen molar-refractivity contribution in [1.82, 2.24) is 4.57 Å². The van der Waals surface area contributed by atoms with Gasteiger partial charge >= 0.3 is 5.97 Å². The van der Waals surface area contributed by atoms with Gasteiger partial charge in [0.15, 0.2) is 5.69 Å². The first-order chi connectivity index (χ1) is 13.6. The van der Waals surface area contributed by atoms with Crippen molar-refractivity contribution in [2.75, 3.05) is 6.61 Å². The fourth-order valence-electron chi connectivity index (χ4n) is 3.85. The van der Waals surface area contributed by atoms with Crippen molar-refractivity contribution in [2.45, 2.75) is 13.3 Å². The lowest BCUT2D eigenvalue weighted by Crippen LogP contribution is -2.12. The van der Waals surface area contributed by atoms with Crippen LogP contribution in [0.3, 0.4) is 0 Å². The smallest absolute Gasteiger partial charge is 0.355 e. The Balaban J connectivity index is 1.97.